The van der Waals surface area contributed by atoms with Crippen molar-refractivity contribution < 1.29 is 9.90 Å². The number of rotatable bonds is 5. The number of amides is 1. The average Bonchev–Trinajstić information content (AvgIpc) is 2.25. The third-order valence-electron chi connectivity index (χ3n) is 1.85. The number of benzene rings is 1. The number of carbonyl (C=O) groups is 1. The molecule has 3 nitrogen and oxygen atoms in total. The largest absolute Gasteiger partial charge is 0.392 e. The summed E-state index contributed by atoms with van der Waals surface area (Å²) in [5.74, 6) is 0.865. The Morgan fingerprint density at radius 3 is 2.60 bits per heavy atom. The highest BCUT2D eigenvalue weighted by molar-refractivity contribution is 7.99. The van der Waals surface area contributed by atoms with Crippen LogP contribution in [0.4, 0.5) is 0 Å². The lowest BCUT2D eigenvalue weighted by atomic mass is 10.2. The van der Waals surface area contributed by atoms with Gasteiger partial charge in [0.05, 0.1) is 6.61 Å². The molecule has 1 rings (SSSR count). The average molecular weight is 225 g/mol. The summed E-state index contributed by atoms with van der Waals surface area (Å²) in [6.07, 6.45) is 0. The molecule has 0 spiro atoms. The summed E-state index contributed by atoms with van der Waals surface area (Å²) >= 11 is 1.69. The lowest BCUT2D eigenvalue weighted by Gasteiger charge is -2.03. The van der Waals surface area contributed by atoms with Gasteiger partial charge in [0.1, 0.15) is 0 Å². The fraction of sp³-hybridized carbons (Fsp3) is 0.364. The van der Waals surface area contributed by atoms with Gasteiger partial charge in [0.2, 0.25) is 5.91 Å². The number of hydrogen-bond donors (Lipinski definition) is 2. The van der Waals surface area contributed by atoms with Gasteiger partial charge in [0.25, 0.3) is 0 Å². The van der Waals surface area contributed by atoms with E-state index in [-0.39, 0.29) is 12.5 Å². The van der Waals surface area contributed by atoms with Crippen LogP contribution in [0.5, 0.6) is 0 Å². The highest BCUT2D eigenvalue weighted by Gasteiger charge is 1.95. The van der Waals surface area contributed by atoms with E-state index in [0.717, 1.165) is 16.2 Å². The molecule has 0 saturated heterocycles. The quantitative estimate of drug-likeness (QED) is 0.588. The monoisotopic (exact) mass is 225 g/mol. The lowest BCUT2D eigenvalue weighted by Crippen LogP contribution is -2.22. The number of hydrogen-bond acceptors (Lipinski definition) is 3. The van der Waals surface area contributed by atoms with Crippen molar-refractivity contribution >= 4 is 17.7 Å². The molecule has 15 heavy (non-hydrogen) atoms. The molecule has 0 fully saturated rings. The number of nitrogens with one attached hydrogen (secondary N) is 1. The van der Waals surface area contributed by atoms with Gasteiger partial charge in [-0.1, -0.05) is 12.1 Å². The number of aliphatic hydroxyl groups excluding tert-OH is 1. The Bertz CT molecular complexity index is 311. The van der Waals surface area contributed by atoms with E-state index in [0.29, 0.717) is 6.54 Å². The summed E-state index contributed by atoms with van der Waals surface area (Å²) in [5.41, 5.74) is 0.918. The van der Waals surface area contributed by atoms with E-state index < -0.39 is 0 Å². The molecular weight excluding hydrogens is 210 g/mol. The molecule has 0 aromatic heterocycles. The second-order valence-corrected chi connectivity index (χ2v) is 4.30. The van der Waals surface area contributed by atoms with E-state index in [2.05, 4.69) is 5.32 Å². The first-order valence-electron chi connectivity index (χ1n) is 4.79. The minimum Gasteiger partial charge on any atom is -0.392 e. The zero-order chi connectivity index (χ0) is 11.1. The summed E-state index contributed by atoms with van der Waals surface area (Å²) in [6.45, 7) is 2.28. The van der Waals surface area contributed by atoms with Crippen molar-refractivity contribution in [1.29, 1.82) is 0 Å². The smallest absolute Gasteiger partial charge is 0.216 e. The van der Waals surface area contributed by atoms with Crippen LogP contribution in [0.2, 0.25) is 0 Å². The van der Waals surface area contributed by atoms with Crippen LogP contribution in [0.1, 0.15) is 12.5 Å². The second-order valence-electron chi connectivity index (χ2n) is 3.13. The van der Waals surface area contributed by atoms with Gasteiger partial charge in [-0.15, -0.1) is 11.8 Å². The van der Waals surface area contributed by atoms with Crippen molar-refractivity contribution in [3.05, 3.63) is 29.8 Å². The van der Waals surface area contributed by atoms with Gasteiger partial charge in [-0.3, -0.25) is 4.79 Å². The van der Waals surface area contributed by atoms with E-state index in [1.54, 1.807) is 11.8 Å². The molecule has 0 aliphatic heterocycles. The van der Waals surface area contributed by atoms with Crippen molar-refractivity contribution in [2.45, 2.75) is 18.4 Å². The van der Waals surface area contributed by atoms with Crippen molar-refractivity contribution in [1.82, 2.24) is 5.32 Å². The van der Waals surface area contributed by atoms with E-state index in [1.807, 2.05) is 24.3 Å². The maximum Gasteiger partial charge on any atom is 0.216 e. The van der Waals surface area contributed by atoms with Crippen LogP contribution in [-0.4, -0.2) is 23.3 Å². The van der Waals surface area contributed by atoms with Crippen LogP contribution in [0, 0.1) is 0 Å². The van der Waals surface area contributed by atoms with Gasteiger partial charge < -0.3 is 10.4 Å². The predicted octanol–water partition coefficient (Wildman–Crippen LogP) is 1.41. The van der Waals surface area contributed by atoms with Crippen LogP contribution in [0.15, 0.2) is 29.2 Å². The van der Waals surface area contributed by atoms with E-state index in [9.17, 15) is 4.79 Å². The minimum absolute atomic E-state index is 0.00577. The summed E-state index contributed by atoms with van der Waals surface area (Å²) in [6, 6.07) is 7.76. The van der Waals surface area contributed by atoms with Gasteiger partial charge >= 0.3 is 0 Å². The standard InChI is InChI=1S/C11H15NO2S/c1-9(14)12-6-7-15-11-4-2-10(8-13)3-5-11/h2-5,13H,6-8H2,1H3,(H,12,14). The van der Waals surface area contributed by atoms with Crippen molar-refractivity contribution in [2.24, 2.45) is 0 Å². The molecule has 0 aliphatic rings. The third-order valence-corrected chi connectivity index (χ3v) is 2.86. The molecule has 0 atom stereocenters. The van der Waals surface area contributed by atoms with Gasteiger partial charge in [-0.25, -0.2) is 0 Å². The Morgan fingerprint density at radius 1 is 1.40 bits per heavy atom. The normalized spacial score (nSPS) is 10.0. The molecule has 0 unspecified atom stereocenters. The molecule has 4 heteroatoms. The van der Waals surface area contributed by atoms with E-state index >= 15 is 0 Å². The Morgan fingerprint density at radius 2 is 2.07 bits per heavy atom. The zero-order valence-corrected chi connectivity index (χ0v) is 9.51. The van der Waals surface area contributed by atoms with Crippen molar-refractivity contribution in [3.8, 4) is 0 Å². The lowest BCUT2D eigenvalue weighted by molar-refractivity contribution is -0.118. The summed E-state index contributed by atoms with van der Waals surface area (Å²) in [4.78, 5) is 11.7. The Labute approximate surface area is 93.9 Å². The van der Waals surface area contributed by atoms with Crippen LogP contribution in [-0.2, 0) is 11.4 Å². The number of thioether (sulfide) groups is 1. The van der Waals surface area contributed by atoms with E-state index in [4.69, 9.17) is 5.11 Å². The number of carbonyl (C=O) groups excluding carboxylic acids is 1. The first-order valence-corrected chi connectivity index (χ1v) is 5.78. The Hall–Kier alpha value is -1.00. The fourth-order valence-electron chi connectivity index (χ4n) is 1.09. The topological polar surface area (TPSA) is 49.3 Å². The molecule has 0 aliphatic carbocycles. The third kappa shape index (κ3) is 4.85. The first-order chi connectivity index (χ1) is 7.22. The van der Waals surface area contributed by atoms with Crippen molar-refractivity contribution in [3.63, 3.8) is 0 Å². The summed E-state index contributed by atoms with van der Waals surface area (Å²) in [7, 11) is 0. The van der Waals surface area contributed by atoms with Gasteiger partial charge in [-0.05, 0) is 17.7 Å². The van der Waals surface area contributed by atoms with Crippen molar-refractivity contribution in [2.75, 3.05) is 12.3 Å². The molecular formula is C11H15NO2S. The molecule has 82 valence electrons. The fourth-order valence-corrected chi connectivity index (χ4v) is 1.86. The maximum atomic E-state index is 10.6. The predicted molar refractivity (Wildman–Crippen MR) is 61.8 cm³/mol. The van der Waals surface area contributed by atoms with Crippen LogP contribution < -0.4 is 5.32 Å². The Kier molecular flexibility index (Phi) is 5.21. The molecule has 1 aromatic carbocycles. The first kappa shape index (κ1) is 12.1. The Balaban J connectivity index is 2.28. The van der Waals surface area contributed by atoms with Gasteiger partial charge in [-0.2, -0.15) is 0 Å². The summed E-state index contributed by atoms with van der Waals surface area (Å²) < 4.78 is 0. The molecule has 1 aromatic rings. The van der Waals surface area contributed by atoms with Crippen LogP contribution in [0.3, 0.4) is 0 Å². The van der Waals surface area contributed by atoms with Gasteiger partial charge in [0, 0.05) is 24.1 Å². The molecule has 0 bridgehead atoms. The minimum atomic E-state index is 0.00577. The highest BCUT2D eigenvalue weighted by Crippen LogP contribution is 2.17. The molecule has 0 radical (unpaired) electrons. The maximum absolute atomic E-state index is 10.6. The zero-order valence-electron chi connectivity index (χ0n) is 8.69. The summed E-state index contributed by atoms with van der Waals surface area (Å²) in [5, 5.41) is 11.6. The molecule has 2 N–H and O–H groups in total. The number of aliphatic hydroxyl groups is 1. The van der Waals surface area contributed by atoms with Crippen LogP contribution in [0.25, 0.3) is 0 Å². The van der Waals surface area contributed by atoms with Gasteiger partial charge in [0.15, 0.2) is 0 Å². The molecule has 0 heterocycles. The van der Waals surface area contributed by atoms with E-state index in [1.165, 1.54) is 6.92 Å². The molecule has 0 saturated carbocycles. The highest BCUT2D eigenvalue weighted by atomic mass is 32.2. The molecule has 1 amide bonds. The SMILES string of the molecule is CC(=O)NCCSc1ccc(CO)cc1. The second kappa shape index (κ2) is 6.48. The van der Waals surface area contributed by atoms with Crippen LogP contribution >= 0.6 is 11.8 Å².